The van der Waals surface area contributed by atoms with Crippen LogP contribution >= 0.6 is 0 Å². The maximum Gasteiger partial charge on any atom is 0.407 e. The largest absolute Gasteiger partial charge is 0.489 e. The van der Waals surface area contributed by atoms with Gasteiger partial charge in [0.15, 0.2) is 0 Å². The van der Waals surface area contributed by atoms with Crippen molar-refractivity contribution in [3.05, 3.63) is 24.3 Å². The Hall–Kier alpha value is -3.34. The Morgan fingerprint density at radius 1 is 1.16 bits per heavy atom. The van der Waals surface area contributed by atoms with Crippen LogP contribution in [0.4, 0.5) is 10.5 Å². The number of anilines is 1. The van der Waals surface area contributed by atoms with E-state index in [-0.39, 0.29) is 13.2 Å². The number of ether oxygens (including phenoxy) is 3. The molecule has 206 valence electrons. The van der Waals surface area contributed by atoms with E-state index in [1.807, 2.05) is 0 Å². The number of nitrogens with one attached hydrogen (secondary N) is 2. The van der Waals surface area contributed by atoms with Crippen LogP contribution in [0.25, 0.3) is 0 Å². The zero-order valence-corrected chi connectivity index (χ0v) is 22.1. The number of esters is 1. The standard InChI is InChI=1S/C26H39N3O8/c1-5-35-24(33)18(12-8-6-7-11-15-27-25(34)37-26(2,3)4)28-19-17-36-21-14-10-9-13-20(21)29(23(19)32)16-22(30)31/h9-10,13-14,18-19,28H,5-8,11-12,15-17H2,1-4H3,(H,27,34)(H,30,31)/t18?,19-/m0/s1. The molecule has 37 heavy (non-hydrogen) atoms. The number of carbonyl (C=O) groups is 4. The second-order valence-electron chi connectivity index (χ2n) is 9.75. The molecule has 1 aliphatic rings. The van der Waals surface area contributed by atoms with E-state index in [4.69, 9.17) is 14.2 Å². The minimum absolute atomic E-state index is 0.0573. The van der Waals surface area contributed by atoms with Crippen LogP contribution in [0.2, 0.25) is 0 Å². The first-order valence-electron chi connectivity index (χ1n) is 12.7. The maximum absolute atomic E-state index is 13.3. The third-order valence-corrected chi connectivity index (χ3v) is 5.48. The molecule has 3 N–H and O–H groups in total. The van der Waals surface area contributed by atoms with Gasteiger partial charge >= 0.3 is 18.0 Å². The van der Waals surface area contributed by atoms with Gasteiger partial charge in [0.1, 0.15) is 36.6 Å². The van der Waals surface area contributed by atoms with Crippen LogP contribution in [0.5, 0.6) is 5.75 Å². The fourth-order valence-electron chi connectivity index (χ4n) is 3.86. The van der Waals surface area contributed by atoms with Gasteiger partial charge in [0.05, 0.1) is 12.3 Å². The van der Waals surface area contributed by atoms with E-state index in [0.29, 0.717) is 30.8 Å². The van der Waals surface area contributed by atoms with Crippen LogP contribution in [-0.2, 0) is 23.9 Å². The number of aliphatic carboxylic acids is 1. The second-order valence-corrected chi connectivity index (χ2v) is 9.75. The first kappa shape index (κ1) is 29.9. The number of hydrogen-bond donors (Lipinski definition) is 3. The highest BCUT2D eigenvalue weighted by molar-refractivity contribution is 6.02. The molecule has 2 atom stereocenters. The Kier molecular flexibility index (Phi) is 11.6. The summed E-state index contributed by atoms with van der Waals surface area (Å²) in [5.74, 6) is -1.73. The van der Waals surface area contributed by atoms with Gasteiger partial charge in [0.2, 0.25) is 5.91 Å². The molecule has 1 heterocycles. The molecule has 0 fully saturated rings. The van der Waals surface area contributed by atoms with E-state index in [1.54, 1.807) is 52.0 Å². The fourth-order valence-corrected chi connectivity index (χ4v) is 3.86. The van der Waals surface area contributed by atoms with Crippen LogP contribution < -0.4 is 20.3 Å². The Morgan fingerprint density at radius 2 is 1.86 bits per heavy atom. The highest BCUT2D eigenvalue weighted by Gasteiger charge is 2.35. The normalized spacial score (nSPS) is 16.2. The lowest BCUT2D eigenvalue weighted by molar-refractivity contribution is -0.146. The van der Waals surface area contributed by atoms with Crippen molar-refractivity contribution in [2.75, 3.05) is 31.2 Å². The summed E-state index contributed by atoms with van der Waals surface area (Å²) in [6.45, 7) is 7.21. The van der Waals surface area contributed by atoms with Crippen molar-refractivity contribution in [2.45, 2.75) is 77.5 Å². The number of nitrogens with zero attached hydrogens (tertiary/aromatic N) is 1. The predicted octanol–water partition coefficient (Wildman–Crippen LogP) is 2.86. The summed E-state index contributed by atoms with van der Waals surface area (Å²) in [7, 11) is 0. The number of benzene rings is 1. The Bertz CT molecular complexity index is 931. The molecule has 0 saturated heterocycles. The number of fused-ring (bicyclic) bond motifs is 1. The number of carbonyl (C=O) groups excluding carboxylic acids is 3. The summed E-state index contributed by atoms with van der Waals surface area (Å²) in [6, 6.07) is 5.03. The van der Waals surface area contributed by atoms with Crippen molar-refractivity contribution in [3.63, 3.8) is 0 Å². The van der Waals surface area contributed by atoms with Crippen molar-refractivity contribution in [1.82, 2.24) is 10.6 Å². The summed E-state index contributed by atoms with van der Waals surface area (Å²) < 4.78 is 16.2. The summed E-state index contributed by atoms with van der Waals surface area (Å²) in [6.07, 6.45) is 3.05. The average Bonchev–Trinajstić information content (AvgIpc) is 2.93. The van der Waals surface area contributed by atoms with E-state index >= 15 is 0 Å². The first-order valence-corrected chi connectivity index (χ1v) is 12.7. The van der Waals surface area contributed by atoms with Crippen molar-refractivity contribution in [2.24, 2.45) is 0 Å². The topological polar surface area (TPSA) is 144 Å². The highest BCUT2D eigenvalue weighted by Crippen LogP contribution is 2.31. The molecular formula is C26H39N3O8. The molecule has 11 heteroatoms. The van der Waals surface area contributed by atoms with Gasteiger partial charge in [-0.15, -0.1) is 0 Å². The van der Waals surface area contributed by atoms with Crippen molar-refractivity contribution >= 4 is 29.6 Å². The lowest BCUT2D eigenvalue weighted by Gasteiger charge is -2.26. The fraction of sp³-hybridized carbons (Fsp3) is 0.615. The lowest BCUT2D eigenvalue weighted by atomic mass is 10.1. The number of rotatable bonds is 13. The van der Waals surface area contributed by atoms with Gasteiger partial charge in [0.25, 0.3) is 0 Å². The number of hydrogen-bond acceptors (Lipinski definition) is 8. The third-order valence-electron chi connectivity index (χ3n) is 5.48. The maximum atomic E-state index is 13.3. The molecule has 2 rings (SSSR count). The molecule has 11 nitrogen and oxygen atoms in total. The van der Waals surface area contributed by atoms with E-state index < -0.39 is 48.2 Å². The van der Waals surface area contributed by atoms with Gasteiger partial charge in [-0.2, -0.15) is 0 Å². The van der Waals surface area contributed by atoms with E-state index in [0.717, 1.165) is 24.2 Å². The zero-order valence-electron chi connectivity index (χ0n) is 22.1. The second kappa shape index (κ2) is 14.4. The van der Waals surface area contributed by atoms with E-state index in [1.165, 1.54) is 0 Å². The molecule has 1 unspecified atom stereocenters. The molecule has 1 aromatic carbocycles. The van der Waals surface area contributed by atoms with Crippen LogP contribution in [0.1, 0.15) is 59.8 Å². The number of amides is 2. The van der Waals surface area contributed by atoms with Gasteiger partial charge in [-0.3, -0.25) is 24.6 Å². The summed E-state index contributed by atoms with van der Waals surface area (Å²) in [5.41, 5.74) is -0.178. The van der Waals surface area contributed by atoms with Gasteiger partial charge in [-0.05, 0) is 52.7 Å². The molecule has 0 bridgehead atoms. The number of carboxylic acid groups (broad SMARTS) is 1. The molecule has 0 spiro atoms. The van der Waals surface area contributed by atoms with Crippen molar-refractivity contribution < 1.29 is 38.5 Å². The summed E-state index contributed by atoms with van der Waals surface area (Å²) >= 11 is 0. The molecule has 0 aromatic heterocycles. The average molecular weight is 522 g/mol. The number of carboxylic acids is 1. The van der Waals surface area contributed by atoms with Crippen LogP contribution in [-0.4, -0.2) is 73.0 Å². The monoisotopic (exact) mass is 521 g/mol. The SMILES string of the molecule is CCOC(=O)C(CCCCCCNC(=O)OC(C)(C)C)N[C@H]1COc2ccccc2N(CC(=O)O)C1=O. The minimum atomic E-state index is -1.16. The summed E-state index contributed by atoms with van der Waals surface area (Å²) in [5, 5.41) is 15.1. The molecule has 1 aliphatic heterocycles. The van der Waals surface area contributed by atoms with Crippen molar-refractivity contribution in [3.8, 4) is 5.75 Å². The van der Waals surface area contributed by atoms with Crippen LogP contribution in [0, 0.1) is 0 Å². The molecular weight excluding hydrogens is 482 g/mol. The molecule has 2 amide bonds. The zero-order chi connectivity index (χ0) is 27.4. The number of para-hydroxylation sites is 2. The van der Waals surface area contributed by atoms with Crippen LogP contribution in [0.15, 0.2) is 24.3 Å². The van der Waals surface area contributed by atoms with Crippen molar-refractivity contribution in [1.29, 1.82) is 0 Å². The quantitative estimate of drug-likeness (QED) is 0.264. The smallest absolute Gasteiger partial charge is 0.407 e. The van der Waals surface area contributed by atoms with Gasteiger partial charge in [0, 0.05) is 6.54 Å². The van der Waals surface area contributed by atoms with E-state index in [2.05, 4.69) is 10.6 Å². The van der Waals surface area contributed by atoms with Crippen LogP contribution in [0.3, 0.4) is 0 Å². The predicted molar refractivity (Wildman–Crippen MR) is 137 cm³/mol. The highest BCUT2D eigenvalue weighted by atomic mass is 16.6. The number of unbranched alkanes of at least 4 members (excludes halogenated alkanes) is 3. The third kappa shape index (κ3) is 10.3. The Morgan fingerprint density at radius 3 is 2.54 bits per heavy atom. The molecule has 0 saturated carbocycles. The number of alkyl carbamates (subject to hydrolysis) is 1. The molecule has 0 aliphatic carbocycles. The molecule has 0 radical (unpaired) electrons. The first-order chi connectivity index (χ1) is 17.5. The van der Waals surface area contributed by atoms with Gasteiger partial charge < -0.3 is 24.6 Å². The van der Waals surface area contributed by atoms with Gasteiger partial charge in [-0.1, -0.05) is 31.4 Å². The minimum Gasteiger partial charge on any atom is -0.489 e. The Balaban J connectivity index is 1.92. The van der Waals surface area contributed by atoms with Gasteiger partial charge in [-0.25, -0.2) is 4.79 Å². The Labute approximate surface area is 217 Å². The lowest BCUT2D eigenvalue weighted by Crippen LogP contribution is -2.54. The summed E-state index contributed by atoms with van der Waals surface area (Å²) in [4.78, 5) is 50.2. The molecule has 1 aromatic rings. The van der Waals surface area contributed by atoms with E-state index in [9.17, 15) is 24.3 Å².